The van der Waals surface area contributed by atoms with E-state index in [1.807, 2.05) is 37.4 Å². The summed E-state index contributed by atoms with van der Waals surface area (Å²) in [6.07, 6.45) is 0. The SMILES string of the molecule is Cc1ccc(C(=O)N[C@@H](C)c2cccs2)cc1N. The first-order valence-electron chi connectivity index (χ1n) is 5.78. The van der Waals surface area contributed by atoms with Crippen LogP contribution in [0.1, 0.15) is 33.8 Å². The van der Waals surface area contributed by atoms with Crippen LogP contribution < -0.4 is 11.1 Å². The van der Waals surface area contributed by atoms with E-state index in [-0.39, 0.29) is 11.9 Å². The first-order chi connectivity index (χ1) is 8.58. The van der Waals surface area contributed by atoms with Gasteiger partial charge >= 0.3 is 0 Å². The fraction of sp³-hybridized carbons (Fsp3) is 0.214. The van der Waals surface area contributed by atoms with Gasteiger partial charge in [0.15, 0.2) is 0 Å². The fourth-order valence-corrected chi connectivity index (χ4v) is 2.40. The molecule has 0 aliphatic rings. The highest BCUT2D eigenvalue weighted by atomic mass is 32.1. The first kappa shape index (κ1) is 12.6. The molecule has 1 heterocycles. The Hall–Kier alpha value is -1.81. The second-order valence-corrected chi connectivity index (χ2v) is 5.26. The van der Waals surface area contributed by atoms with Gasteiger partial charge in [-0.3, -0.25) is 4.79 Å². The van der Waals surface area contributed by atoms with E-state index in [0.717, 1.165) is 10.4 Å². The highest BCUT2D eigenvalue weighted by Gasteiger charge is 2.12. The summed E-state index contributed by atoms with van der Waals surface area (Å²) >= 11 is 1.63. The number of hydrogen-bond donors (Lipinski definition) is 2. The Labute approximate surface area is 111 Å². The Bertz CT molecular complexity index is 549. The summed E-state index contributed by atoms with van der Waals surface area (Å²) in [5, 5.41) is 4.96. The molecule has 0 fully saturated rings. The molecule has 0 aliphatic heterocycles. The van der Waals surface area contributed by atoms with E-state index >= 15 is 0 Å². The summed E-state index contributed by atoms with van der Waals surface area (Å²) in [6.45, 7) is 3.90. The summed E-state index contributed by atoms with van der Waals surface area (Å²) in [6, 6.07) is 9.37. The van der Waals surface area contributed by atoms with Crippen LogP contribution in [0.15, 0.2) is 35.7 Å². The number of aryl methyl sites for hydroxylation is 1. The van der Waals surface area contributed by atoms with Crippen LogP contribution in [0.2, 0.25) is 0 Å². The average Bonchev–Trinajstić information content (AvgIpc) is 2.86. The van der Waals surface area contributed by atoms with E-state index in [0.29, 0.717) is 11.3 Å². The van der Waals surface area contributed by atoms with Gasteiger partial charge in [-0.1, -0.05) is 12.1 Å². The summed E-state index contributed by atoms with van der Waals surface area (Å²) in [4.78, 5) is 13.2. The number of nitrogens with two attached hydrogens (primary N) is 1. The number of nitrogen functional groups attached to an aromatic ring is 1. The molecule has 0 saturated heterocycles. The lowest BCUT2D eigenvalue weighted by Crippen LogP contribution is -2.26. The molecule has 1 aromatic heterocycles. The van der Waals surface area contributed by atoms with Crippen molar-refractivity contribution >= 4 is 22.9 Å². The number of rotatable bonds is 3. The summed E-state index contributed by atoms with van der Waals surface area (Å²) in [5.41, 5.74) is 8.03. The molecule has 0 saturated carbocycles. The molecule has 4 heteroatoms. The van der Waals surface area contributed by atoms with Crippen molar-refractivity contribution in [2.45, 2.75) is 19.9 Å². The van der Waals surface area contributed by atoms with Crippen molar-refractivity contribution in [2.75, 3.05) is 5.73 Å². The number of anilines is 1. The van der Waals surface area contributed by atoms with Crippen LogP contribution in [-0.4, -0.2) is 5.91 Å². The molecule has 3 nitrogen and oxygen atoms in total. The van der Waals surface area contributed by atoms with Crippen molar-refractivity contribution < 1.29 is 4.79 Å². The fourth-order valence-electron chi connectivity index (χ4n) is 1.67. The molecule has 1 amide bonds. The van der Waals surface area contributed by atoms with Crippen molar-refractivity contribution in [1.29, 1.82) is 0 Å². The standard InChI is InChI=1S/C14H16N2OS/c1-9-5-6-11(8-12(9)15)14(17)16-10(2)13-4-3-7-18-13/h3-8,10H,15H2,1-2H3,(H,16,17)/t10-/m0/s1. The maximum atomic E-state index is 12.1. The van der Waals surface area contributed by atoms with Gasteiger partial charge in [-0.25, -0.2) is 0 Å². The zero-order chi connectivity index (χ0) is 13.1. The summed E-state index contributed by atoms with van der Waals surface area (Å²) < 4.78 is 0. The normalized spacial score (nSPS) is 12.1. The van der Waals surface area contributed by atoms with E-state index in [4.69, 9.17) is 5.73 Å². The molecule has 0 radical (unpaired) electrons. The molecule has 0 aliphatic carbocycles. The maximum Gasteiger partial charge on any atom is 0.251 e. The smallest absolute Gasteiger partial charge is 0.251 e. The van der Waals surface area contributed by atoms with E-state index in [9.17, 15) is 4.79 Å². The van der Waals surface area contributed by atoms with Gasteiger partial charge in [0.1, 0.15) is 0 Å². The average molecular weight is 260 g/mol. The van der Waals surface area contributed by atoms with Crippen molar-refractivity contribution in [3.05, 3.63) is 51.7 Å². The Morgan fingerprint density at radius 3 is 2.78 bits per heavy atom. The van der Waals surface area contributed by atoms with Crippen molar-refractivity contribution in [3.63, 3.8) is 0 Å². The lowest BCUT2D eigenvalue weighted by molar-refractivity contribution is 0.0940. The van der Waals surface area contributed by atoms with Crippen LogP contribution in [0.4, 0.5) is 5.69 Å². The molecule has 0 spiro atoms. The number of carbonyl (C=O) groups is 1. The molecule has 94 valence electrons. The Morgan fingerprint density at radius 1 is 1.39 bits per heavy atom. The Balaban J connectivity index is 2.10. The second-order valence-electron chi connectivity index (χ2n) is 4.28. The monoisotopic (exact) mass is 260 g/mol. The van der Waals surface area contributed by atoms with Gasteiger partial charge in [0.2, 0.25) is 0 Å². The molecule has 0 bridgehead atoms. The van der Waals surface area contributed by atoms with E-state index < -0.39 is 0 Å². The highest BCUT2D eigenvalue weighted by Crippen LogP contribution is 2.19. The van der Waals surface area contributed by atoms with Gasteiger partial charge in [0.25, 0.3) is 5.91 Å². The topological polar surface area (TPSA) is 55.1 Å². The van der Waals surface area contributed by atoms with E-state index in [1.54, 1.807) is 23.5 Å². The predicted octanol–water partition coefficient (Wildman–Crippen LogP) is 3.13. The van der Waals surface area contributed by atoms with Crippen LogP contribution in [0, 0.1) is 6.92 Å². The van der Waals surface area contributed by atoms with Gasteiger partial charge < -0.3 is 11.1 Å². The third-order valence-electron chi connectivity index (χ3n) is 2.86. The molecule has 18 heavy (non-hydrogen) atoms. The van der Waals surface area contributed by atoms with E-state index in [2.05, 4.69) is 5.32 Å². The maximum absolute atomic E-state index is 12.1. The van der Waals surface area contributed by atoms with Crippen LogP contribution in [0.5, 0.6) is 0 Å². The second kappa shape index (κ2) is 5.23. The minimum absolute atomic E-state index is 0.0139. The minimum Gasteiger partial charge on any atom is -0.398 e. The van der Waals surface area contributed by atoms with Gasteiger partial charge in [-0.15, -0.1) is 11.3 Å². The number of hydrogen-bond acceptors (Lipinski definition) is 3. The van der Waals surface area contributed by atoms with Crippen LogP contribution >= 0.6 is 11.3 Å². The number of carbonyl (C=O) groups excluding carboxylic acids is 1. The molecule has 1 atom stereocenters. The van der Waals surface area contributed by atoms with Gasteiger partial charge in [-0.05, 0) is 43.0 Å². The quantitative estimate of drug-likeness (QED) is 0.833. The molecule has 2 rings (SSSR count). The van der Waals surface area contributed by atoms with Gasteiger partial charge in [0.05, 0.1) is 6.04 Å². The third kappa shape index (κ3) is 2.71. The Kier molecular flexibility index (Phi) is 3.67. The van der Waals surface area contributed by atoms with Gasteiger partial charge in [0, 0.05) is 16.1 Å². The largest absolute Gasteiger partial charge is 0.398 e. The Morgan fingerprint density at radius 2 is 2.17 bits per heavy atom. The van der Waals surface area contributed by atoms with Crippen molar-refractivity contribution in [2.24, 2.45) is 0 Å². The molecule has 0 unspecified atom stereocenters. The third-order valence-corrected chi connectivity index (χ3v) is 3.91. The minimum atomic E-state index is -0.0948. The zero-order valence-electron chi connectivity index (χ0n) is 10.4. The lowest BCUT2D eigenvalue weighted by Gasteiger charge is -2.12. The predicted molar refractivity (Wildman–Crippen MR) is 75.8 cm³/mol. The zero-order valence-corrected chi connectivity index (χ0v) is 11.3. The van der Waals surface area contributed by atoms with Crippen molar-refractivity contribution in [1.82, 2.24) is 5.32 Å². The van der Waals surface area contributed by atoms with Crippen LogP contribution in [0.3, 0.4) is 0 Å². The highest BCUT2D eigenvalue weighted by molar-refractivity contribution is 7.10. The summed E-state index contributed by atoms with van der Waals surface area (Å²) in [7, 11) is 0. The molecule has 3 N–H and O–H groups in total. The van der Waals surface area contributed by atoms with Crippen LogP contribution in [0.25, 0.3) is 0 Å². The molecule has 1 aromatic carbocycles. The molecule has 2 aromatic rings. The molecular weight excluding hydrogens is 244 g/mol. The van der Waals surface area contributed by atoms with Gasteiger partial charge in [-0.2, -0.15) is 0 Å². The lowest BCUT2D eigenvalue weighted by atomic mass is 10.1. The summed E-state index contributed by atoms with van der Waals surface area (Å²) in [5.74, 6) is -0.0948. The number of amides is 1. The number of benzene rings is 1. The van der Waals surface area contributed by atoms with Crippen molar-refractivity contribution in [3.8, 4) is 0 Å². The molecular formula is C14H16N2OS. The first-order valence-corrected chi connectivity index (χ1v) is 6.66. The van der Waals surface area contributed by atoms with E-state index in [1.165, 1.54) is 0 Å². The van der Waals surface area contributed by atoms with Crippen LogP contribution in [-0.2, 0) is 0 Å². The number of thiophene rings is 1. The number of nitrogens with one attached hydrogen (secondary N) is 1.